The summed E-state index contributed by atoms with van der Waals surface area (Å²) in [5, 5.41) is 28.4. The summed E-state index contributed by atoms with van der Waals surface area (Å²) in [4.78, 5) is 0. The minimum atomic E-state index is -1.07. The molecule has 1 saturated heterocycles. The van der Waals surface area contributed by atoms with Gasteiger partial charge in [0.15, 0.2) is 0 Å². The number of aliphatic hydroxyl groups excluding tert-OH is 3. The molecule has 5 heteroatoms. The monoisotopic (exact) mass is 372 g/mol. The molecule has 0 aromatic carbocycles. The third-order valence-electron chi connectivity index (χ3n) is 5.06. The topological polar surface area (TPSA) is 79.2 Å². The predicted octanol–water partition coefficient (Wildman–Crippen LogP) is 3.70. The molecule has 0 spiro atoms. The largest absolute Gasteiger partial charge is 0.493 e. The van der Waals surface area contributed by atoms with Gasteiger partial charge in [-0.2, -0.15) is 0 Å². The summed E-state index contributed by atoms with van der Waals surface area (Å²) in [5.41, 5.74) is 0. The van der Waals surface area contributed by atoms with E-state index in [0.717, 1.165) is 12.8 Å². The van der Waals surface area contributed by atoms with Crippen LogP contribution in [0.5, 0.6) is 0 Å². The van der Waals surface area contributed by atoms with Crippen LogP contribution in [0, 0.1) is 0 Å². The first-order chi connectivity index (χ1) is 12.7. The molecule has 1 heterocycles. The molecular formula is C21H40O5. The number of rotatable bonds is 16. The summed E-state index contributed by atoms with van der Waals surface area (Å²) >= 11 is 0. The van der Waals surface area contributed by atoms with Gasteiger partial charge in [0.1, 0.15) is 24.4 Å². The zero-order valence-corrected chi connectivity index (χ0v) is 16.5. The maximum atomic E-state index is 10.00. The minimum absolute atomic E-state index is 0.228. The Bertz CT molecular complexity index is 347. The Morgan fingerprint density at radius 3 is 2.15 bits per heavy atom. The Morgan fingerprint density at radius 2 is 1.58 bits per heavy atom. The quantitative estimate of drug-likeness (QED) is 0.284. The maximum Gasteiger partial charge on any atom is 0.149 e. The molecule has 0 aromatic rings. The van der Waals surface area contributed by atoms with E-state index in [1.54, 1.807) is 6.26 Å². The highest BCUT2D eigenvalue weighted by Crippen LogP contribution is 2.20. The van der Waals surface area contributed by atoms with Crippen molar-refractivity contribution >= 4 is 0 Å². The lowest BCUT2D eigenvalue weighted by Crippen LogP contribution is -2.40. The molecule has 1 aliphatic rings. The van der Waals surface area contributed by atoms with Crippen LogP contribution in [0.25, 0.3) is 0 Å². The first-order valence-corrected chi connectivity index (χ1v) is 10.6. The van der Waals surface area contributed by atoms with Gasteiger partial charge >= 0.3 is 0 Å². The summed E-state index contributed by atoms with van der Waals surface area (Å²) in [7, 11) is 0. The third-order valence-corrected chi connectivity index (χ3v) is 5.06. The Kier molecular flexibility index (Phi) is 13.9. The van der Waals surface area contributed by atoms with E-state index in [1.807, 2.05) is 6.08 Å². The highest BCUT2D eigenvalue weighted by Gasteiger charge is 2.40. The molecule has 1 aliphatic heterocycles. The van der Waals surface area contributed by atoms with Crippen molar-refractivity contribution in [1.29, 1.82) is 0 Å². The van der Waals surface area contributed by atoms with Crippen molar-refractivity contribution in [3.05, 3.63) is 12.3 Å². The van der Waals surface area contributed by atoms with E-state index in [0.29, 0.717) is 0 Å². The van der Waals surface area contributed by atoms with Crippen molar-refractivity contribution in [3.8, 4) is 0 Å². The second-order valence-electron chi connectivity index (χ2n) is 7.41. The van der Waals surface area contributed by atoms with Crippen molar-refractivity contribution < 1.29 is 24.8 Å². The molecule has 1 rings (SSSR count). The van der Waals surface area contributed by atoms with E-state index in [-0.39, 0.29) is 6.61 Å². The first kappa shape index (κ1) is 23.4. The molecule has 0 unspecified atom stereocenters. The zero-order chi connectivity index (χ0) is 19.0. The Morgan fingerprint density at radius 1 is 1.00 bits per heavy atom. The van der Waals surface area contributed by atoms with Gasteiger partial charge in [-0.05, 0) is 18.9 Å². The smallest absolute Gasteiger partial charge is 0.149 e. The second-order valence-corrected chi connectivity index (χ2v) is 7.41. The van der Waals surface area contributed by atoms with Gasteiger partial charge in [-0.25, -0.2) is 0 Å². The van der Waals surface area contributed by atoms with Crippen LogP contribution < -0.4 is 0 Å². The molecular weight excluding hydrogens is 332 g/mol. The number of aliphatic hydroxyl groups is 3. The van der Waals surface area contributed by atoms with Crippen LogP contribution in [-0.2, 0) is 9.47 Å². The van der Waals surface area contributed by atoms with Crippen LogP contribution >= 0.6 is 0 Å². The summed E-state index contributed by atoms with van der Waals surface area (Å²) in [6.45, 7) is 2.06. The van der Waals surface area contributed by atoms with Gasteiger partial charge in [-0.15, -0.1) is 0 Å². The number of unbranched alkanes of at least 4 members (excludes halogenated alkanes) is 11. The third kappa shape index (κ3) is 9.91. The highest BCUT2D eigenvalue weighted by molar-refractivity contribution is 4.90. The zero-order valence-electron chi connectivity index (χ0n) is 16.5. The van der Waals surface area contributed by atoms with Crippen LogP contribution in [0.15, 0.2) is 12.3 Å². The van der Waals surface area contributed by atoms with Gasteiger partial charge in [-0.1, -0.05) is 71.1 Å². The average Bonchev–Trinajstić information content (AvgIpc) is 3.02. The van der Waals surface area contributed by atoms with Crippen LogP contribution in [0.1, 0.15) is 84.0 Å². The maximum absolute atomic E-state index is 10.00. The van der Waals surface area contributed by atoms with E-state index in [2.05, 4.69) is 6.92 Å². The van der Waals surface area contributed by atoms with Crippen molar-refractivity contribution in [2.45, 2.75) is 108 Å². The SMILES string of the molecule is CCCCCCCCCCCCC/C=C/O[C@H]1CO[C@H]([C@H](O)CO)[C@@H]1O. The number of ether oxygens (including phenoxy) is 2. The molecule has 26 heavy (non-hydrogen) atoms. The van der Waals surface area contributed by atoms with Crippen molar-refractivity contribution in [3.63, 3.8) is 0 Å². The minimum Gasteiger partial charge on any atom is -0.493 e. The Balaban J connectivity index is 1.91. The van der Waals surface area contributed by atoms with E-state index >= 15 is 0 Å². The molecule has 3 N–H and O–H groups in total. The summed E-state index contributed by atoms with van der Waals surface area (Å²) < 4.78 is 10.8. The van der Waals surface area contributed by atoms with Crippen molar-refractivity contribution in [2.24, 2.45) is 0 Å². The van der Waals surface area contributed by atoms with Gasteiger partial charge in [0.05, 0.1) is 19.5 Å². The van der Waals surface area contributed by atoms with Crippen LogP contribution in [0.4, 0.5) is 0 Å². The predicted molar refractivity (Wildman–Crippen MR) is 104 cm³/mol. The molecule has 0 saturated carbocycles. The van der Waals surface area contributed by atoms with Crippen LogP contribution in [-0.4, -0.2) is 52.9 Å². The molecule has 0 amide bonds. The van der Waals surface area contributed by atoms with E-state index < -0.39 is 31.0 Å². The summed E-state index contributed by atoms with van der Waals surface area (Å²) in [6, 6.07) is 0. The fraction of sp³-hybridized carbons (Fsp3) is 0.905. The molecule has 0 bridgehead atoms. The fourth-order valence-electron chi connectivity index (χ4n) is 3.33. The molecule has 0 radical (unpaired) electrons. The fourth-order valence-corrected chi connectivity index (χ4v) is 3.33. The lowest BCUT2D eigenvalue weighted by Gasteiger charge is -2.20. The first-order valence-electron chi connectivity index (χ1n) is 10.6. The van der Waals surface area contributed by atoms with Crippen LogP contribution in [0.3, 0.4) is 0 Å². The molecule has 0 aromatic heterocycles. The van der Waals surface area contributed by atoms with E-state index in [4.69, 9.17) is 14.6 Å². The molecule has 4 atom stereocenters. The summed E-state index contributed by atoms with van der Waals surface area (Å²) in [5.74, 6) is 0. The van der Waals surface area contributed by atoms with Crippen LogP contribution in [0.2, 0.25) is 0 Å². The number of allylic oxidation sites excluding steroid dienone is 1. The molecule has 154 valence electrons. The van der Waals surface area contributed by atoms with Gasteiger partial charge in [0, 0.05) is 0 Å². The Labute approximate surface area is 159 Å². The Hall–Kier alpha value is -0.620. The second kappa shape index (κ2) is 15.4. The number of hydrogen-bond acceptors (Lipinski definition) is 5. The lowest BCUT2D eigenvalue weighted by atomic mass is 10.1. The highest BCUT2D eigenvalue weighted by atomic mass is 16.6. The van der Waals surface area contributed by atoms with E-state index in [9.17, 15) is 10.2 Å². The molecule has 1 fully saturated rings. The van der Waals surface area contributed by atoms with Gasteiger partial charge < -0.3 is 24.8 Å². The average molecular weight is 373 g/mol. The summed E-state index contributed by atoms with van der Waals surface area (Å²) in [6.07, 6.45) is 16.1. The normalized spacial score (nSPS) is 24.4. The lowest BCUT2D eigenvalue weighted by molar-refractivity contribution is -0.0689. The van der Waals surface area contributed by atoms with Crippen molar-refractivity contribution in [2.75, 3.05) is 13.2 Å². The standard InChI is InChI=1S/C21H40O5/c1-2-3-4-5-6-7-8-9-10-11-12-13-14-15-25-19-17-26-21(20(19)24)18(23)16-22/h14-15,18-24H,2-13,16-17H2,1H3/b15-14+/t18-,19+,20-,21-/m1/s1. The number of hydrogen-bond donors (Lipinski definition) is 3. The van der Waals surface area contributed by atoms with Gasteiger partial charge in [0.25, 0.3) is 0 Å². The van der Waals surface area contributed by atoms with E-state index in [1.165, 1.54) is 64.2 Å². The van der Waals surface area contributed by atoms with Gasteiger partial charge in [0.2, 0.25) is 0 Å². The molecule has 0 aliphatic carbocycles. The van der Waals surface area contributed by atoms with Gasteiger partial charge in [-0.3, -0.25) is 0 Å². The molecule has 5 nitrogen and oxygen atoms in total. The van der Waals surface area contributed by atoms with Crippen molar-refractivity contribution in [1.82, 2.24) is 0 Å².